The van der Waals surface area contributed by atoms with Crippen LogP contribution in [0.2, 0.25) is 0 Å². The van der Waals surface area contributed by atoms with E-state index in [1.807, 2.05) is 27.7 Å². The molecule has 16 amide bonds. The topological polar surface area (TPSA) is 630 Å². The molecule has 6 aromatic rings. The van der Waals surface area contributed by atoms with Crippen LogP contribution in [0.25, 0.3) is 21.8 Å². The van der Waals surface area contributed by atoms with Gasteiger partial charge in [-0.15, -0.1) is 11.8 Å². The standard InChI is InChI=1S/C89H131N25O17S/c1-11-13-30-71(83(126)104-62(29-22-33-97-89(93)94)79(122)109-70(78(121)100-44-74(92)117)48-132-49-76(119)103-66(36-53-23-16-15-17-24-53)85(128)111(8)52(5)77(120)105-68(40-73(91)116)87(130)114-34-32-56(90)45-114)112(9)88(131)72(31-14-12-2)113(10)86(129)67(38-55-42-99-61-28-21-19-26-59(55)61)107-82(125)69(47-115)108-81(124)64(37-54-41-98-60-27-20-18-25-58(54)60)102-75(118)46-110(7)84(127)65(35-51(3)4)106-80(123)63(95-6)39-57-43-96-50-101-57/h15-21,23-28,41-43,50-52,56,62-72,95,98-99,115H,11-14,22,29-40,44-49,90H2,1-10H3,(H2,91,116)(H2,92,117)(H,96,101)(H,100,121)(H,102,118)(H,103,119)(H,104,126)(H,105,120)(H,106,123)(H,107,125)(H,108,124)(H,109,122)(H4,93,94,97)/t52-,56+,62-,63-,64-,65-,66-,67-,68-,69-,70-,71-,72-/m0/s1. The number of carbonyl (C=O) groups excluding carboxylic acids is 16. The van der Waals surface area contributed by atoms with Crippen molar-refractivity contribution in [3.8, 4) is 0 Å². The number of aromatic amines is 3. The first-order chi connectivity index (χ1) is 62.9. The van der Waals surface area contributed by atoms with Gasteiger partial charge in [0.25, 0.3) is 0 Å². The summed E-state index contributed by atoms with van der Waals surface area (Å²) in [5.41, 5.74) is 26.3. The zero-order valence-corrected chi connectivity index (χ0v) is 77.4. The minimum absolute atomic E-state index is 0.00126. The van der Waals surface area contributed by atoms with Gasteiger partial charge in [0, 0.05) is 131 Å². The Kier molecular flexibility index (Phi) is 42.3. The Hall–Kier alpha value is -13.0. The summed E-state index contributed by atoms with van der Waals surface area (Å²) in [5.74, 6) is -14.3. The second kappa shape index (κ2) is 52.7. The number of nitrogens with two attached hydrogens (primary N) is 4. The summed E-state index contributed by atoms with van der Waals surface area (Å²) in [5, 5.41) is 49.8. The van der Waals surface area contributed by atoms with Crippen molar-refractivity contribution in [1.29, 1.82) is 5.41 Å². The Morgan fingerprint density at radius 3 is 1.66 bits per heavy atom. The summed E-state index contributed by atoms with van der Waals surface area (Å²) >= 11 is 0.820. The number of likely N-dealkylation sites (tertiary alicyclic amines) is 1. The van der Waals surface area contributed by atoms with Crippen LogP contribution in [0.5, 0.6) is 0 Å². The summed E-state index contributed by atoms with van der Waals surface area (Å²) in [6.45, 7) is 6.98. The lowest BCUT2D eigenvalue weighted by molar-refractivity contribution is -0.149. The maximum atomic E-state index is 15.7. The van der Waals surface area contributed by atoms with Crippen molar-refractivity contribution < 1.29 is 81.8 Å². The number of hydrogen-bond acceptors (Lipinski definition) is 22. The number of primary amides is 2. The summed E-state index contributed by atoms with van der Waals surface area (Å²) in [6.07, 6.45) is 7.83. The molecule has 0 bridgehead atoms. The van der Waals surface area contributed by atoms with Gasteiger partial charge in [-0.25, -0.2) is 4.98 Å². The zero-order valence-electron chi connectivity index (χ0n) is 76.5. The largest absolute Gasteiger partial charge is 0.394 e. The van der Waals surface area contributed by atoms with Crippen LogP contribution in [0, 0.1) is 11.3 Å². The average Bonchev–Trinajstić information content (AvgIpc) is 1.47. The highest BCUT2D eigenvalue weighted by molar-refractivity contribution is 8.00. The number of H-pyrrole nitrogens is 3. The number of para-hydroxylation sites is 2. The van der Waals surface area contributed by atoms with Crippen LogP contribution < -0.4 is 81.4 Å². The Balaban J connectivity index is 1.10. The number of rotatable bonds is 55. The molecule has 0 saturated carbocycles. The Morgan fingerprint density at radius 1 is 0.545 bits per heavy atom. The van der Waals surface area contributed by atoms with Gasteiger partial charge in [0.05, 0.1) is 44.2 Å². The third kappa shape index (κ3) is 32.2. The van der Waals surface area contributed by atoms with Gasteiger partial charge in [-0.3, -0.25) is 82.1 Å². The number of imidazole rings is 1. The first-order valence-electron chi connectivity index (χ1n) is 44.3. The van der Waals surface area contributed by atoms with Crippen molar-refractivity contribution in [3.05, 3.63) is 126 Å². The molecule has 1 fully saturated rings. The first kappa shape index (κ1) is 106. The normalized spacial score (nSPS) is 15.2. The molecule has 7 rings (SSSR count). The minimum atomic E-state index is -1.80. The number of fused-ring (bicyclic) bond motifs is 2. The molecule has 0 aliphatic carbocycles. The lowest BCUT2D eigenvalue weighted by Crippen LogP contribution is -2.61. The summed E-state index contributed by atoms with van der Waals surface area (Å²) < 4.78 is 0. The molecule has 3 aromatic heterocycles. The first-order valence-corrected chi connectivity index (χ1v) is 45.4. The number of nitrogens with one attached hydrogen (secondary N) is 15. The SMILES string of the molecule is CCCC[C@@H](C(=O)N(C)[C@@H](CCCC)C(=O)N[C@@H](CCCNC(=N)N)C(=O)N[C@@H](CSCC(=O)N[C@@H](Cc1ccccc1)C(=O)N(C)[C@@H](C)C(=O)N[C@@H](CC(N)=O)C(=O)N1CC[C@@H](N)C1)C(=O)NCC(N)=O)N(C)C(=O)[C@H](Cc1c[nH]c2ccccc12)NC(=O)[C@H](CO)NC(=O)[C@H](Cc1c[nH]c2ccccc12)NC(=O)CN(C)C(=O)[C@H](CC(C)C)NC(=O)[C@H](Cc1cnc[nH]1)NC. The van der Waals surface area contributed by atoms with E-state index in [2.05, 4.69) is 78.4 Å². The fourth-order valence-corrected chi connectivity index (χ4v) is 16.2. The minimum Gasteiger partial charge on any atom is -0.394 e. The highest BCUT2D eigenvalue weighted by Crippen LogP contribution is 2.25. The number of likely N-dealkylation sites (N-methyl/N-ethyl adjacent to an activating group) is 5. The van der Waals surface area contributed by atoms with E-state index in [0.717, 1.165) is 31.4 Å². The summed E-state index contributed by atoms with van der Waals surface area (Å²) in [7, 11) is 7.02. The fourth-order valence-electron chi connectivity index (χ4n) is 15.3. The average molecular weight is 1860 g/mol. The van der Waals surface area contributed by atoms with Gasteiger partial charge in [0.1, 0.15) is 66.5 Å². The van der Waals surface area contributed by atoms with Gasteiger partial charge in [0.2, 0.25) is 94.5 Å². The van der Waals surface area contributed by atoms with Gasteiger partial charge in [0.15, 0.2) is 5.96 Å². The van der Waals surface area contributed by atoms with Crippen molar-refractivity contribution in [3.63, 3.8) is 0 Å². The number of guanidine groups is 1. The van der Waals surface area contributed by atoms with Crippen molar-refractivity contribution in [1.82, 2.24) is 103 Å². The third-order valence-electron chi connectivity index (χ3n) is 22.9. The summed E-state index contributed by atoms with van der Waals surface area (Å²) in [4.78, 5) is 247. The highest BCUT2D eigenvalue weighted by Gasteiger charge is 2.42. The van der Waals surface area contributed by atoms with E-state index in [0.29, 0.717) is 76.3 Å². The number of thioether (sulfide) groups is 1. The molecule has 1 saturated heterocycles. The van der Waals surface area contributed by atoms with Crippen LogP contribution in [0.3, 0.4) is 0 Å². The molecule has 0 spiro atoms. The predicted octanol–water partition coefficient (Wildman–Crippen LogP) is -2.48. The van der Waals surface area contributed by atoms with Crippen molar-refractivity contribution in [2.75, 3.05) is 86.1 Å². The van der Waals surface area contributed by atoms with Crippen molar-refractivity contribution in [2.24, 2.45) is 28.9 Å². The van der Waals surface area contributed by atoms with Gasteiger partial charge in [-0.1, -0.05) is 120 Å². The zero-order chi connectivity index (χ0) is 97.0. The quantitative estimate of drug-likeness (QED) is 0.0107. The number of benzene rings is 3. The molecule has 1 aliphatic rings. The fraction of sp³-hybridized carbons (Fsp3) is 0.528. The molecule has 13 atom stereocenters. The van der Waals surface area contributed by atoms with E-state index < -0.39 is 205 Å². The van der Waals surface area contributed by atoms with Crippen LogP contribution in [0.15, 0.2) is 104 Å². The molecule has 43 heteroatoms. The molecule has 720 valence electrons. The number of unbranched alkanes of at least 4 members (excludes halogenated alkanes) is 2. The maximum absolute atomic E-state index is 15.7. The Labute approximate surface area is 771 Å². The molecule has 3 aromatic carbocycles. The highest BCUT2D eigenvalue weighted by atomic mass is 32.2. The van der Waals surface area contributed by atoms with Gasteiger partial charge in [-0.05, 0) is 87.2 Å². The van der Waals surface area contributed by atoms with Crippen LogP contribution >= 0.6 is 11.8 Å². The van der Waals surface area contributed by atoms with Crippen LogP contribution in [0.1, 0.15) is 128 Å². The van der Waals surface area contributed by atoms with E-state index in [-0.39, 0.29) is 95.1 Å². The molecule has 1 aliphatic heterocycles. The van der Waals surface area contributed by atoms with E-state index in [1.165, 1.54) is 46.3 Å². The number of carbonyl (C=O) groups is 16. The lowest BCUT2D eigenvalue weighted by atomic mass is 10.00. The molecular formula is C89H131N25O17S. The third-order valence-corrected chi connectivity index (χ3v) is 23.9. The molecule has 0 unspecified atom stereocenters. The van der Waals surface area contributed by atoms with Gasteiger partial charge in [-0.2, -0.15) is 0 Å². The van der Waals surface area contributed by atoms with E-state index in [1.54, 1.807) is 105 Å². The van der Waals surface area contributed by atoms with Crippen LogP contribution in [-0.2, 0) is 102 Å². The Morgan fingerprint density at radius 2 is 1.08 bits per heavy atom. The van der Waals surface area contributed by atoms with Crippen molar-refractivity contribution >= 4 is 134 Å². The van der Waals surface area contributed by atoms with Crippen LogP contribution in [0.4, 0.5) is 0 Å². The summed E-state index contributed by atoms with van der Waals surface area (Å²) in [6, 6.07) is 6.13. The number of aliphatic hydroxyl groups excluding tert-OH is 1. The molecule has 42 nitrogen and oxygen atoms in total. The number of nitrogens with zero attached hydrogens (tertiary/aromatic N) is 6. The van der Waals surface area contributed by atoms with Gasteiger partial charge >= 0.3 is 0 Å². The van der Waals surface area contributed by atoms with Crippen molar-refractivity contribution in [2.45, 2.75) is 209 Å². The maximum Gasteiger partial charge on any atom is 0.245 e. The number of amides is 16. The molecule has 132 heavy (non-hydrogen) atoms. The monoisotopic (exact) mass is 1850 g/mol. The number of hydrogen-bond donors (Lipinski definition) is 20. The number of aromatic nitrogens is 4. The molecule has 4 heterocycles. The second-order valence-electron chi connectivity index (χ2n) is 33.6. The molecule has 24 N–H and O–H groups in total. The lowest BCUT2D eigenvalue weighted by Gasteiger charge is -2.36. The second-order valence-corrected chi connectivity index (χ2v) is 34.6. The smallest absolute Gasteiger partial charge is 0.245 e. The van der Waals surface area contributed by atoms with Crippen LogP contribution in [-0.4, -0.2) is 315 Å². The molecular weight excluding hydrogens is 1720 g/mol. The number of aliphatic hydroxyl groups is 1. The predicted molar refractivity (Wildman–Crippen MR) is 495 cm³/mol. The Bertz CT molecular complexity index is 4940. The molecule has 0 radical (unpaired) electrons. The van der Waals surface area contributed by atoms with E-state index in [9.17, 15) is 67.4 Å². The van der Waals surface area contributed by atoms with Gasteiger partial charge < -0.3 is 126 Å². The van der Waals surface area contributed by atoms with E-state index >= 15 is 14.4 Å². The van der Waals surface area contributed by atoms with E-state index in [4.69, 9.17) is 28.3 Å².